The van der Waals surface area contributed by atoms with Gasteiger partial charge in [-0.25, -0.2) is 4.68 Å². The van der Waals surface area contributed by atoms with Crippen LogP contribution in [0.1, 0.15) is 36.9 Å². The molecule has 34 heavy (non-hydrogen) atoms. The molecule has 2 saturated heterocycles. The van der Waals surface area contributed by atoms with E-state index in [9.17, 15) is 9.59 Å². The van der Waals surface area contributed by atoms with Crippen molar-refractivity contribution in [2.45, 2.75) is 44.2 Å². The summed E-state index contributed by atoms with van der Waals surface area (Å²) in [5, 5.41) is 9.32. The number of hydrogen-bond acceptors (Lipinski definition) is 5. The van der Waals surface area contributed by atoms with Gasteiger partial charge in [0.2, 0.25) is 5.91 Å². The lowest BCUT2D eigenvalue weighted by Crippen LogP contribution is -2.48. The van der Waals surface area contributed by atoms with Gasteiger partial charge in [-0.2, -0.15) is 5.10 Å². The third-order valence-electron chi connectivity index (χ3n) is 7.29. The molecule has 0 unspecified atom stereocenters. The number of carbonyl (C=O) groups is 1. The minimum absolute atomic E-state index is 0.0114. The highest BCUT2D eigenvalue weighted by Crippen LogP contribution is 2.35. The number of aromatic nitrogens is 2. The summed E-state index contributed by atoms with van der Waals surface area (Å²) in [5.41, 5.74) is 1.05. The van der Waals surface area contributed by atoms with E-state index in [2.05, 4.69) is 10.2 Å². The van der Waals surface area contributed by atoms with Gasteiger partial charge in [-0.1, -0.05) is 48.5 Å². The summed E-state index contributed by atoms with van der Waals surface area (Å²) < 4.78 is 7.15. The number of benzene rings is 2. The van der Waals surface area contributed by atoms with Crippen molar-refractivity contribution in [3.63, 3.8) is 0 Å². The summed E-state index contributed by atoms with van der Waals surface area (Å²) >= 11 is 0. The molecule has 0 saturated carbocycles. The highest BCUT2D eigenvalue weighted by Gasteiger charge is 2.41. The number of rotatable bonds is 7. The van der Waals surface area contributed by atoms with Crippen molar-refractivity contribution < 1.29 is 9.53 Å². The second-order valence-corrected chi connectivity index (χ2v) is 9.31. The minimum atomic E-state index is -0.612. The molecule has 0 atom stereocenters. The highest BCUT2D eigenvalue weighted by atomic mass is 16.5. The fourth-order valence-corrected chi connectivity index (χ4v) is 5.29. The molecule has 7 heteroatoms. The average molecular weight is 461 g/mol. The van der Waals surface area contributed by atoms with Crippen LogP contribution in [-0.4, -0.2) is 53.4 Å². The van der Waals surface area contributed by atoms with Crippen LogP contribution in [0.5, 0.6) is 0 Å². The number of likely N-dealkylation sites (tertiary alicyclic amines) is 1. The topological polar surface area (TPSA) is 76.5 Å². The number of nitrogens with zero attached hydrogens (tertiary/aromatic N) is 3. The average Bonchev–Trinajstić information content (AvgIpc) is 3.42. The molecule has 3 aromatic rings. The molecule has 3 heterocycles. The van der Waals surface area contributed by atoms with Gasteiger partial charge in [-0.3, -0.25) is 9.59 Å². The van der Waals surface area contributed by atoms with Gasteiger partial charge >= 0.3 is 0 Å². The second-order valence-electron chi connectivity index (χ2n) is 9.31. The Labute approximate surface area is 199 Å². The Bertz CT molecular complexity index is 1200. The first-order valence-corrected chi connectivity index (χ1v) is 12.3. The summed E-state index contributed by atoms with van der Waals surface area (Å²) in [6.07, 6.45) is 3.72. The van der Waals surface area contributed by atoms with Crippen molar-refractivity contribution >= 4 is 16.7 Å². The van der Waals surface area contributed by atoms with E-state index < -0.39 is 5.41 Å². The van der Waals surface area contributed by atoms with E-state index in [-0.39, 0.29) is 18.0 Å². The van der Waals surface area contributed by atoms with Crippen LogP contribution in [0.2, 0.25) is 0 Å². The van der Waals surface area contributed by atoms with Crippen LogP contribution in [0.25, 0.3) is 10.8 Å². The van der Waals surface area contributed by atoms with Gasteiger partial charge < -0.3 is 15.0 Å². The first-order valence-electron chi connectivity index (χ1n) is 12.3. The summed E-state index contributed by atoms with van der Waals surface area (Å²) in [4.78, 5) is 29.1. The van der Waals surface area contributed by atoms with Crippen molar-refractivity contribution in [2.75, 3.05) is 32.8 Å². The third-order valence-corrected chi connectivity index (χ3v) is 7.29. The largest absolute Gasteiger partial charge is 0.381 e. The van der Waals surface area contributed by atoms with Crippen molar-refractivity contribution in [1.82, 2.24) is 20.0 Å². The zero-order valence-corrected chi connectivity index (χ0v) is 19.5. The summed E-state index contributed by atoms with van der Waals surface area (Å²) in [5.74, 6) is -0.0114. The number of nitrogens with one attached hydrogen (secondary N) is 1. The molecule has 2 fully saturated rings. The maximum Gasteiger partial charge on any atom is 0.274 e. The molecule has 5 rings (SSSR count). The second kappa shape index (κ2) is 10.1. The Morgan fingerprint density at radius 3 is 2.35 bits per heavy atom. The van der Waals surface area contributed by atoms with E-state index in [1.807, 2.05) is 54.6 Å². The summed E-state index contributed by atoms with van der Waals surface area (Å²) in [7, 11) is 0. The van der Waals surface area contributed by atoms with Crippen molar-refractivity contribution in [2.24, 2.45) is 0 Å². The first kappa shape index (κ1) is 22.7. The Morgan fingerprint density at radius 2 is 1.62 bits per heavy atom. The van der Waals surface area contributed by atoms with E-state index in [1.165, 1.54) is 12.8 Å². The molecular weight excluding hydrogens is 428 g/mol. The number of fused-ring (bicyclic) bond motifs is 1. The van der Waals surface area contributed by atoms with Crippen molar-refractivity contribution in [3.8, 4) is 0 Å². The Balaban J connectivity index is 1.41. The highest BCUT2D eigenvalue weighted by molar-refractivity contribution is 5.89. The van der Waals surface area contributed by atoms with Crippen LogP contribution in [0.15, 0.2) is 59.4 Å². The van der Waals surface area contributed by atoms with Crippen LogP contribution in [0.3, 0.4) is 0 Å². The number of ether oxygens (including phenoxy) is 1. The quantitative estimate of drug-likeness (QED) is 0.587. The standard InChI is InChI=1S/C27H32N4O3/c32-25-23-11-5-4-10-22(23)24(29-31(25)17-16-30-14-6-7-15-30)20-28-26(33)27(12-18-34-19-13-27)21-8-2-1-3-9-21/h1-5,8-11H,6-7,12-20H2,(H,28,33). The van der Waals surface area contributed by atoms with Gasteiger partial charge in [0.25, 0.3) is 5.56 Å². The Hall–Kier alpha value is -3.03. The molecule has 0 radical (unpaired) electrons. The lowest BCUT2D eigenvalue weighted by Gasteiger charge is -2.36. The number of hydrogen-bond donors (Lipinski definition) is 1. The fraction of sp³-hybridized carbons (Fsp3) is 0.444. The van der Waals surface area contributed by atoms with Gasteiger partial charge in [0.05, 0.1) is 29.6 Å². The van der Waals surface area contributed by atoms with E-state index in [0.717, 1.165) is 36.3 Å². The van der Waals surface area contributed by atoms with Crippen LogP contribution < -0.4 is 10.9 Å². The molecule has 1 aromatic heterocycles. The predicted molar refractivity (Wildman–Crippen MR) is 132 cm³/mol. The number of carbonyl (C=O) groups excluding carboxylic acids is 1. The van der Waals surface area contributed by atoms with Gasteiger partial charge in [-0.05, 0) is 50.4 Å². The smallest absolute Gasteiger partial charge is 0.274 e. The summed E-state index contributed by atoms with van der Waals surface area (Å²) in [6.45, 7) is 4.92. The molecule has 7 nitrogen and oxygen atoms in total. The van der Waals surface area contributed by atoms with Gasteiger partial charge in [0.1, 0.15) is 0 Å². The van der Waals surface area contributed by atoms with E-state index >= 15 is 0 Å². The molecule has 178 valence electrons. The van der Waals surface area contributed by atoms with Crippen LogP contribution in [0, 0.1) is 0 Å². The molecule has 0 spiro atoms. The molecular formula is C27H32N4O3. The Morgan fingerprint density at radius 1 is 0.941 bits per heavy atom. The molecule has 0 aliphatic carbocycles. The molecule has 0 bridgehead atoms. The van der Waals surface area contributed by atoms with Crippen LogP contribution >= 0.6 is 0 Å². The zero-order valence-electron chi connectivity index (χ0n) is 19.5. The normalized spacial score (nSPS) is 18.2. The lowest BCUT2D eigenvalue weighted by molar-refractivity contribution is -0.130. The molecule has 1 amide bonds. The third kappa shape index (κ3) is 4.50. The van der Waals surface area contributed by atoms with Crippen LogP contribution in [-0.2, 0) is 28.0 Å². The maximum absolute atomic E-state index is 13.6. The van der Waals surface area contributed by atoms with E-state index in [0.29, 0.717) is 38.0 Å². The molecule has 1 N–H and O–H groups in total. The minimum Gasteiger partial charge on any atom is -0.381 e. The predicted octanol–water partition coefficient (Wildman–Crippen LogP) is 2.86. The maximum atomic E-state index is 13.6. The monoisotopic (exact) mass is 460 g/mol. The molecule has 2 aliphatic heterocycles. The summed E-state index contributed by atoms with van der Waals surface area (Å²) in [6, 6.07) is 17.5. The molecule has 2 aromatic carbocycles. The lowest BCUT2D eigenvalue weighted by atomic mass is 9.73. The van der Waals surface area contributed by atoms with Gasteiger partial charge in [0.15, 0.2) is 0 Å². The zero-order chi connectivity index (χ0) is 23.4. The van der Waals surface area contributed by atoms with Crippen molar-refractivity contribution in [3.05, 3.63) is 76.2 Å². The van der Waals surface area contributed by atoms with Crippen molar-refractivity contribution in [1.29, 1.82) is 0 Å². The van der Waals surface area contributed by atoms with E-state index in [1.54, 1.807) is 4.68 Å². The number of amides is 1. The first-order chi connectivity index (χ1) is 16.7. The van der Waals surface area contributed by atoms with Crippen LogP contribution in [0.4, 0.5) is 0 Å². The van der Waals surface area contributed by atoms with E-state index in [4.69, 9.17) is 9.84 Å². The fourth-order valence-electron chi connectivity index (χ4n) is 5.29. The van der Waals surface area contributed by atoms with Gasteiger partial charge in [-0.15, -0.1) is 0 Å². The van der Waals surface area contributed by atoms with Gasteiger partial charge in [0, 0.05) is 25.1 Å². The SMILES string of the molecule is O=C(NCc1nn(CCN2CCCC2)c(=O)c2ccccc12)C1(c2ccccc2)CCOCC1. The molecule has 2 aliphatic rings. The Kier molecular flexibility index (Phi) is 6.74.